The number of nitrogens with zero attached hydrogens (tertiary/aromatic N) is 2. The minimum Gasteiger partial charge on any atom is -0.333 e. The van der Waals surface area contributed by atoms with Crippen molar-refractivity contribution in [2.75, 3.05) is 4.90 Å². The first-order chi connectivity index (χ1) is 20.9. The van der Waals surface area contributed by atoms with Crippen molar-refractivity contribution in [2.24, 2.45) is 0 Å². The Morgan fingerprint density at radius 2 is 1.42 bits per heavy atom. The number of para-hydroxylation sites is 1. The number of hydrogen-bond donors (Lipinski definition) is 0. The Morgan fingerprint density at radius 3 is 2.26 bits per heavy atom. The highest BCUT2D eigenvalue weighted by Gasteiger charge is 2.40. The molecule has 2 aliphatic carbocycles. The van der Waals surface area contributed by atoms with Gasteiger partial charge in [-0.05, 0) is 82.4 Å². The van der Waals surface area contributed by atoms with Gasteiger partial charge in [0.15, 0.2) is 0 Å². The number of allylic oxidation sites excluding steroid dienone is 2. The minimum atomic E-state index is -0.129. The number of aromatic nitrogens is 1. The fourth-order valence-electron chi connectivity index (χ4n) is 7.98. The molecule has 0 saturated carbocycles. The molecule has 1 aliphatic heterocycles. The summed E-state index contributed by atoms with van der Waals surface area (Å²) in [5.41, 5.74) is 14.3. The van der Waals surface area contributed by atoms with Gasteiger partial charge in [0.25, 0.3) is 0 Å². The van der Waals surface area contributed by atoms with Gasteiger partial charge < -0.3 is 9.47 Å². The molecule has 2 heterocycles. The second-order valence-corrected chi connectivity index (χ2v) is 13.7. The number of hydrogen-bond acceptors (Lipinski definition) is 1. The third kappa shape index (κ3) is 3.47. The average molecular weight is 617 g/mol. The van der Waals surface area contributed by atoms with Crippen molar-refractivity contribution < 1.29 is 0 Å². The summed E-state index contributed by atoms with van der Waals surface area (Å²) in [5.74, 6) is 0.355. The monoisotopic (exact) mass is 616 g/mol. The summed E-state index contributed by atoms with van der Waals surface area (Å²) >= 11 is 3.72. The second kappa shape index (κ2) is 8.87. The van der Waals surface area contributed by atoms with Crippen LogP contribution in [0.5, 0.6) is 0 Å². The molecule has 0 fully saturated rings. The van der Waals surface area contributed by atoms with Gasteiger partial charge in [0.2, 0.25) is 0 Å². The summed E-state index contributed by atoms with van der Waals surface area (Å²) in [4.78, 5) is 2.54. The summed E-state index contributed by atoms with van der Waals surface area (Å²) in [7, 11) is 2.18. The van der Waals surface area contributed by atoms with Gasteiger partial charge in [0, 0.05) is 43.6 Å². The largest absolute Gasteiger partial charge is 0.333 e. The molecular formula is C39H30BBrN2. The van der Waals surface area contributed by atoms with E-state index in [0.717, 1.165) is 4.47 Å². The van der Waals surface area contributed by atoms with E-state index in [-0.39, 0.29) is 11.5 Å². The van der Waals surface area contributed by atoms with Crippen LogP contribution in [-0.4, -0.2) is 18.5 Å². The maximum Gasteiger partial charge on any atom is 0.139 e. The Kier molecular flexibility index (Phi) is 5.21. The molecule has 2 unspecified atom stereocenters. The lowest BCUT2D eigenvalue weighted by Gasteiger charge is -2.30. The van der Waals surface area contributed by atoms with E-state index >= 15 is 0 Å². The van der Waals surface area contributed by atoms with Crippen LogP contribution >= 0.6 is 15.9 Å². The van der Waals surface area contributed by atoms with Crippen LogP contribution in [0.4, 0.5) is 11.4 Å². The topological polar surface area (TPSA) is 8.17 Å². The van der Waals surface area contributed by atoms with Gasteiger partial charge in [0.1, 0.15) is 7.85 Å². The predicted molar refractivity (Wildman–Crippen MR) is 188 cm³/mol. The van der Waals surface area contributed by atoms with E-state index in [1.165, 1.54) is 72.1 Å². The molecule has 0 radical (unpaired) electrons. The fourth-order valence-corrected chi connectivity index (χ4v) is 8.36. The molecule has 0 bridgehead atoms. The van der Waals surface area contributed by atoms with Crippen molar-refractivity contribution in [3.8, 4) is 16.8 Å². The van der Waals surface area contributed by atoms with Gasteiger partial charge in [-0.25, -0.2) is 0 Å². The molecule has 2 atom stereocenters. The fraction of sp³-hybridized carbons (Fsp3) is 0.128. The van der Waals surface area contributed by atoms with Gasteiger partial charge in [-0.2, -0.15) is 0 Å². The Balaban J connectivity index is 1.18. The summed E-state index contributed by atoms with van der Waals surface area (Å²) in [6.45, 7) is 4.78. The maximum absolute atomic E-state index is 3.72. The lowest BCUT2D eigenvalue weighted by Crippen LogP contribution is -2.28. The molecular weight excluding hydrogens is 587 g/mol. The highest BCUT2D eigenvalue weighted by molar-refractivity contribution is 9.10. The van der Waals surface area contributed by atoms with Crippen molar-refractivity contribution in [1.82, 2.24) is 4.57 Å². The zero-order valence-corrected chi connectivity index (χ0v) is 26.1. The first-order valence-electron chi connectivity index (χ1n) is 15.1. The molecule has 1 aromatic heterocycles. The molecule has 6 aromatic rings. The minimum absolute atomic E-state index is 0.129. The molecule has 3 aliphatic rings. The zero-order chi connectivity index (χ0) is 29.0. The molecule has 5 aromatic carbocycles. The highest BCUT2D eigenvalue weighted by atomic mass is 79.9. The molecule has 43 heavy (non-hydrogen) atoms. The first-order valence-corrected chi connectivity index (χ1v) is 15.9. The van der Waals surface area contributed by atoms with Crippen LogP contribution in [0, 0.1) is 0 Å². The van der Waals surface area contributed by atoms with Crippen molar-refractivity contribution in [2.45, 2.75) is 31.2 Å². The standard InChI is InChI=1S/C39H30BBrN2/c1-39(2)33-21-25(42-35-9-5-3-7-29(35)31-19-23(40)11-17-37(31)42)13-15-27(33)28-16-14-26(22-34(28)39)43-36-10-6-4-8-30(36)32-20-24(41)12-18-38(32)43/h3-22,30,36H,40H2,1-2H3. The number of rotatable bonds is 2. The van der Waals surface area contributed by atoms with Crippen molar-refractivity contribution in [3.05, 3.63) is 143 Å². The average Bonchev–Trinajstić information content (AvgIpc) is 3.60. The molecule has 206 valence electrons. The third-order valence-electron chi connectivity index (χ3n) is 10.0. The number of benzene rings is 5. The van der Waals surface area contributed by atoms with Crippen LogP contribution in [0.3, 0.4) is 0 Å². The highest BCUT2D eigenvalue weighted by Crippen LogP contribution is 2.53. The van der Waals surface area contributed by atoms with Crippen molar-refractivity contribution in [3.63, 3.8) is 0 Å². The van der Waals surface area contributed by atoms with Crippen LogP contribution in [0.25, 0.3) is 38.6 Å². The number of anilines is 2. The van der Waals surface area contributed by atoms with Crippen LogP contribution in [0.2, 0.25) is 0 Å². The summed E-state index contributed by atoms with van der Waals surface area (Å²) < 4.78 is 3.58. The van der Waals surface area contributed by atoms with E-state index in [1.807, 2.05) is 0 Å². The lowest BCUT2D eigenvalue weighted by molar-refractivity contribution is 0.659. The van der Waals surface area contributed by atoms with Crippen LogP contribution < -0.4 is 10.4 Å². The molecule has 0 spiro atoms. The van der Waals surface area contributed by atoms with Crippen molar-refractivity contribution >= 4 is 62.4 Å². The van der Waals surface area contributed by atoms with E-state index < -0.39 is 0 Å². The molecule has 0 amide bonds. The van der Waals surface area contributed by atoms with Gasteiger partial charge >= 0.3 is 0 Å². The Hall–Kier alpha value is -4.28. The second-order valence-electron chi connectivity index (χ2n) is 12.8. The molecule has 0 N–H and O–H groups in total. The van der Waals surface area contributed by atoms with E-state index in [0.29, 0.717) is 5.92 Å². The third-order valence-corrected chi connectivity index (χ3v) is 10.5. The van der Waals surface area contributed by atoms with E-state index in [1.54, 1.807) is 0 Å². The Morgan fingerprint density at radius 1 is 0.698 bits per heavy atom. The molecule has 0 saturated heterocycles. The van der Waals surface area contributed by atoms with E-state index in [4.69, 9.17) is 0 Å². The maximum atomic E-state index is 3.72. The van der Waals surface area contributed by atoms with Gasteiger partial charge in [-0.3, -0.25) is 0 Å². The lowest BCUT2D eigenvalue weighted by atomic mass is 9.82. The molecule has 9 rings (SSSR count). The van der Waals surface area contributed by atoms with E-state index in [9.17, 15) is 0 Å². The SMILES string of the molecule is Bc1ccc2c(c1)c1ccccc1n2-c1ccc2c(c1)C(C)(C)c1cc(N3c4ccc(Br)cc4C4C=CC=CC43)ccc1-2. The quantitative estimate of drug-likeness (QED) is 0.176. The number of halogens is 1. The number of fused-ring (bicyclic) bond motifs is 9. The van der Waals surface area contributed by atoms with Crippen LogP contribution in [0.15, 0.2) is 126 Å². The summed E-state index contributed by atoms with van der Waals surface area (Å²) in [6, 6.07) is 36.9. The first kappa shape index (κ1) is 25.2. The normalized spacial score (nSPS) is 19.1. The van der Waals surface area contributed by atoms with Gasteiger partial charge in [0.05, 0.1) is 17.1 Å². The smallest absolute Gasteiger partial charge is 0.139 e. The van der Waals surface area contributed by atoms with Crippen LogP contribution in [0.1, 0.15) is 36.5 Å². The van der Waals surface area contributed by atoms with Gasteiger partial charge in [-0.15, -0.1) is 0 Å². The summed E-state index contributed by atoms with van der Waals surface area (Å²) in [6.07, 6.45) is 9.08. The Bertz CT molecular complexity index is 2220. The Labute approximate surface area is 261 Å². The van der Waals surface area contributed by atoms with Crippen molar-refractivity contribution in [1.29, 1.82) is 0 Å². The molecule has 4 heteroatoms. The van der Waals surface area contributed by atoms with E-state index in [2.05, 4.69) is 168 Å². The molecule has 2 nitrogen and oxygen atoms in total. The van der Waals surface area contributed by atoms with Crippen LogP contribution in [-0.2, 0) is 5.41 Å². The summed E-state index contributed by atoms with van der Waals surface area (Å²) in [5, 5.41) is 2.61. The zero-order valence-electron chi connectivity index (χ0n) is 24.5. The van der Waals surface area contributed by atoms with Gasteiger partial charge in [-0.1, -0.05) is 102 Å². The predicted octanol–water partition coefficient (Wildman–Crippen LogP) is 8.84.